The third kappa shape index (κ3) is 4.95. The maximum Gasteiger partial charge on any atom is 0.219 e. The van der Waals surface area contributed by atoms with Crippen LogP contribution in [0.15, 0.2) is 0 Å². The molecule has 3 fully saturated rings. The Morgan fingerprint density at radius 2 is 1.81 bits per heavy atom. The van der Waals surface area contributed by atoms with E-state index in [2.05, 4.69) is 39.2 Å². The number of piperidine rings is 3. The Balaban J connectivity index is 1.56. The van der Waals surface area contributed by atoms with Crippen molar-refractivity contribution in [3.63, 3.8) is 0 Å². The van der Waals surface area contributed by atoms with Gasteiger partial charge in [-0.05, 0) is 74.4 Å². The normalized spacial score (nSPS) is 27.2. The van der Waals surface area contributed by atoms with Crippen molar-refractivity contribution >= 4 is 5.91 Å². The Morgan fingerprint density at radius 1 is 1.06 bits per heavy atom. The highest BCUT2D eigenvalue weighted by atomic mass is 16.2. The number of aryl methyl sites for hydroxylation is 1. The summed E-state index contributed by atoms with van der Waals surface area (Å²) in [7, 11) is 0. The number of hydrogen-bond donors (Lipinski definition) is 0. The molecule has 8 heteroatoms. The Kier molecular flexibility index (Phi) is 7.26. The molecule has 0 bridgehead atoms. The van der Waals surface area contributed by atoms with E-state index in [1.54, 1.807) is 6.92 Å². The molecule has 8 nitrogen and oxygen atoms in total. The molecule has 1 unspecified atom stereocenters. The number of carbonyl (C=O) groups is 1. The van der Waals surface area contributed by atoms with E-state index in [0.717, 1.165) is 51.3 Å². The maximum absolute atomic E-state index is 12.3. The van der Waals surface area contributed by atoms with Crippen molar-refractivity contribution in [2.24, 2.45) is 5.92 Å². The van der Waals surface area contributed by atoms with E-state index < -0.39 is 0 Å². The zero-order valence-electron chi connectivity index (χ0n) is 19.8. The fraction of sp³-hybridized carbons (Fsp3) is 0.913. The van der Waals surface area contributed by atoms with Gasteiger partial charge in [0.05, 0.1) is 0 Å². The number of rotatable bonds is 6. The third-order valence-electron chi connectivity index (χ3n) is 7.76. The van der Waals surface area contributed by atoms with E-state index in [0.29, 0.717) is 18.5 Å². The number of carbonyl (C=O) groups excluding carboxylic acids is 1. The molecule has 0 saturated carbocycles. The summed E-state index contributed by atoms with van der Waals surface area (Å²) in [5.74, 6) is 1.73. The van der Waals surface area contributed by atoms with Gasteiger partial charge in [-0.1, -0.05) is 20.3 Å². The van der Waals surface area contributed by atoms with Gasteiger partial charge in [-0.25, -0.2) is 4.68 Å². The monoisotopic (exact) mass is 431 g/mol. The van der Waals surface area contributed by atoms with Gasteiger partial charge in [-0.2, -0.15) is 0 Å². The lowest BCUT2D eigenvalue weighted by atomic mass is 9.83. The molecule has 174 valence electrons. The summed E-state index contributed by atoms with van der Waals surface area (Å²) in [4.78, 5) is 19.7. The van der Waals surface area contributed by atoms with Crippen LogP contribution in [-0.4, -0.2) is 86.1 Å². The number of likely N-dealkylation sites (tertiary alicyclic amines) is 3. The van der Waals surface area contributed by atoms with Crippen LogP contribution in [0.3, 0.4) is 0 Å². The fourth-order valence-corrected chi connectivity index (χ4v) is 5.90. The molecular formula is C23H41N7O. The first-order valence-corrected chi connectivity index (χ1v) is 12.5. The quantitative estimate of drug-likeness (QED) is 0.689. The summed E-state index contributed by atoms with van der Waals surface area (Å²) in [5.41, 5.74) is -0.267. The van der Waals surface area contributed by atoms with Crippen molar-refractivity contribution in [2.75, 3.05) is 39.3 Å². The minimum Gasteiger partial charge on any atom is -0.341 e. The van der Waals surface area contributed by atoms with Crippen LogP contribution in [0.1, 0.15) is 78.0 Å². The SMILES string of the molecule is CC(=O)N1CCCC(c2nnnn2CCC(C)C)(N2CCC(N3CCCCC3)CC2)C1. The van der Waals surface area contributed by atoms with E-state index in [9.17, 15) is 4.79 Å². The van der Waals surface area contributed by atoms with Crippen LogP contribution in [0.2, 0.25) is 0 Å². The zero-order valence-corrected chi connectivity index (χ0v) is 19.8. The highest BCUT2D eigenvalue weighted by Crippen LogP contribution is 2.39. The average Bonchev–Trinajstić information content (AvgIpc) is 3.28. The summed E-state index contributed by atoms with van der Waals surface area (Å²) in [6.07, 6.45) is 9.57. The maximum atomic E-state index is 12.3. The van der Waals surface area contributed by atoms with Gasteiger partial charge in [-0.3, -0.25) is 9.69 Å². The smallest absolute Gasteiger partial charge is 0.219 e. The van der Waals surface area contributed by atoms with E-state index in [1.807, 2.05) is 9.58 Å². The molecule has 3 saturated heterocycles. The lowest BCUT2D eigenvalue weighted by Gasteiger charge is -2.51. The zero-order chi connectivity index (χ0) is 21.8. The molecule has 3 aliphatic heterocycles. The summed E-state index contributed by atoms with van der Waals surface area (Å²) >= 11 is 0. The number of aromatic nitrogens is 4. The molecule has 0 aliphatic carbocycles. The minimum atomic E-state index is -0.267. The number of hydrogen-bond acceptors (Lipinski definition) is 6. The van der Waals surface area contributed by atoms with Crippen molar-refractivity contribution in [1.82, 2.24) is 34.9 Å². The van der Waals surface area contributed by atoms with Gasteiger partial charge < -0.3 is 9.80 Å². The van der Waals surface area contributed by atoms with Gasteiger partial charge in [0.1, 0.15) is 5.54 Å². The Hall–Kier alpha value is -1.54. The lowest BCUT2D eigenvalue weighted by molar-refractivity contribution is -0.134. The van der Waals surface area contributed by atoms with E-state index in [1.165, 1.54) is 45.2 Å². The second-order valence-electron chi connectivity index (χ2n) is 10.3. The lowest BCUT2D eigenvalue weighted by Crippen LogP contribution is -2.61. The first kappa shape index (κ1) is 22.6. The number of tetrazole rings is 1. The highest BCUT2D eigenvalue weighted by Gasteiger charge is 2.48. The summed E-state index contributed by atoms with van der Waals surface area (Å²) in [6.45, 7) is 13.2. The van der Waals surface area contributed by atoms with Crippen molar-refractivity contribution < 1.29 is 4.79 Å². The number of amides is 1. The van der Waals surface area contributed by atoms with E-state index in [-0.39, 0.29) is 11.4 Å². The van der Waals surface area contributed by atoms with Gasteiger partial charge in [0.15, 0.2) is 5.82 Å². The van der Waals surface area contributed by atoms with Gasteiger partial charge in [0.2, 0.25) is 5.91 Å². The minimum absolute atomic E-state index is 0.161. The predicted molar refractivity (Wildman–Crippen MR) is 120 cm³/mol. The molecule has 3 aliphatic rings. The van der Waals surface area contributed by atoms with Crippen LogP contribution in [0.4, 0.5) is 0 Å². The van der Waals surface area contributed by atoms with Gasteiger partial charge in [-0.15, -0.1) is 5.10 Å². The van der Waals surface area contributed by atoms with Crippen LogP contribution < -0.4 is 0 Å². The summed E-state index contributed by atoms with van der Waals surface area (Å²) in [5, 5.41) is 13.1. The van der Waals surface area contributed by atoms with Crippen LogP contribution in [0, 0.1) is 5.92 Å². The van der Waals surface area contributed by atoms with Crippen molar-refractivity contribution in [3.05, 3.63) is 5.82 Å². The molecule has 1 amide bonds. The fourth-order valence-electron chi connectivity index (χ4n) is 5.90. The Morgan fingerprint density at radius 3 is 2.48 bits per heavy atom. The topological polar surface area (TPSA) is 70.4 Å². The van der Waals surface area contributed by atoms with E-state index in [4.69, 9.17) is 0 Å². The molecule has 4 rings (SSSR count). The largest absolute Gasteiger partial charge is 0.341 e. The Labute approximate surface area is 187 Å². The van der Waals surface area contributed by atoms with Crippen molar-refractivity contribution in [2.45, 2.75) is 90.3 Å². The molecule has 0 spiro atoms. The van der Waals surface area contributed by atoms with Crippen LogP contribution in [-0.2, 0) is 16.9 Å². The molecule has 1 aromatic heterocycles. The van der Waals surface area contributed by atoms with Crippen LogP contribution in [0.25, 0.3) is 0 Å². The molecule has 31 heavy (non-hydrogen) atoms. The molecule has 1 atom stereocenters. The standard InChI is InChI=1S/C23H41N7O/c1-19(2)8-17-30-22(24-25-26-30)23(11-7-14-28(18-23)20(3)31)29-15-9-21(10-16-29)27-12-5-4-6-13-27/h19,21H,4-18H2,1-3H3. The Bertz CT molecular complexity index is 721. The van der Waals surface area contributed by atoms with Gasteiger partial charge >= 0.3 is 0 Å². The van der Waals surface area contributed by atoms with Crippen molar-refractivity contribution in [1.29, 1.82) is 0 Å². The predicted octanol–water partition coefficient (Wildman–Crippen LogP) is 2.51. The molecule has 4 heterocycles. The van der Waals surface area contributed by atoms with Gasteiger partial charge in [0.25, 0.3) is 0 Å². The second kappa shape index (κ2) is 9.94. The van der Waals surface area contributed by atoms with Gasteiger partial charge in [0, 0.05) is 45.7 Å². The van der Waals surface area contributed by atoms with E-state index >= 15 is 0 Å². The first-order valence-electron chi connectivity index (χ1n) is 12.5. The van der Waals surface area contributed by atoms with Crippen LogP contribution >= 0.6 is 0 Å². The first-order chi connectivity index (χ1) is 15.0. The second-order valence-corrected chi connectivity index (χ2v) is 10.3. The third-order valence-corrected chi connectivity index (χ3v) is 7.76. The molecule has 0 radical (unpaired) electrons. The molecular weight excluding hydrogens is 390 g/mol. The molecule has 1 aromatic rings. The summed E-state index contributed by atoms with van der Waals surface area (Å²) < 4.78 is 2.03. The van der Waals surface area contributed by atoms with Crippen LogP contribution in [0.5, 0.6) is 0 Å². The molecule has 0 N–H and O–H groups in total. The number of nitrogens with zero attached hydrogens (tertiary/aromatic N) is 7. The molecule has 0 aromatic carbocycles. The summed E-state index contributed by atoms with van der Waals surface area (Å²) in [6, 6.07) is 0.707. The van der Waals surface area contributed by atoms with Crippen molar-refractivity contribution in [3.8, 4) is 0 Å². The highest BCUT2D eigenvalue weighted by molar-refractivity contribution is 5.73. The average molecular weight is 432 g/mol.